The van der Waals surface area contributed by atoms with E-state index in [4.69, 9.17) is 4.74 Å². The molecule has 0 spiro atoms. The van der Waals surface area contributed by atoms with Gasteiger partial charge in [-0.2, -0.15) is 0 Å². The van der Waals surface area contributed by atoms with Crippen molar-refractivity contribution in [3.8, 4) is 0 Å². The maximum absolute atomic E-state index is 9.59. The SMILES string of the molecule is CC1(C)CCCC2(C)OC12.COC(C)=O. The first kappa shape index (κ1) is 12.5. The molecular formula is C12H22O3. The van der Waals surface area contributed by atoms with Gasteiger partial charge in [-0.25, -0.2) is 0 Å². The van der Waals surface area contributed by atoms with Crippen molar-refractivity contribution in [2.45, 2.75) is 58.7 Å². The molecule has 3 heteroatoms. The minimum absolute atomic E-state index is 0.245. The molecule has 88 valence electrons. The Morgan fingerprint density at radius 2 is 1.87 bits per heavy atom. The summed E-state index contributed by atoms with van der Waals surface area (Å²) in [6, 6.07) is 0. The number of esters is 1. The van der Waals surface area contributed by atoms with Crippen molar-refractivity contribution < 1.29 is 14.3 Å². The van der Waals surface area contributed by atoms with Crippen LogP contribution in [0.15, 0.2) is 0 Å². The summed E-state index contributed by atoms with van der Waals surface area (Å²) in [5, 5.41) is 0. The summed E-state index contributed by atoms with van der Waals surface area (Å²) in [7, 11) is 1.35. The van der Waals surface area contributed by atoms with Gasteiger partial charge in [0.1, 0.15) is 0 Å². The van der Waals surface area contributed by atoms with Crippen molar-refractivity contribution in [3.05, 3.63) is 0 Å². The molecule has 0 radical (unpaired) electrons. The number of carbonyl (C=O) groups is 1. The third-order valence-electron chi connectivity index (χ3n) is 3.38. The van der Waals surface area contributed by atoms with E-state index in [2.05, 4.69) is 25.5 Å². The Kier molecular flexibility index (Phi) is 3.44. The number of ether oxygens (including phenoxy) is 2. The lowest BCUT2D eigenvalue weighted by Crippen LogP contribution is -2.30. The lowest BCUT2D eigenvalue weighted by atomic mass is 9.73. The van der Waals surface area contributed by atoms with Gasteiger partial charge in [0.25, 0.3) is 0 Å². The lowest BCUT2D eigenvalue weighted by Gasteiger charge is -2.28. The average Bonchev–Trinajstić information content (AvgIpc) is 2.80. The van der Waals surface area contributed by atoms with Crippen LogP contribution in [0.4, 0.5) is 0 Å². The van der Waals surface area contributed by atoms with E-state index in [1.165, 1.54) is 33.3 Å². The van der Waals surface area contributed by atoms with E-state index in [-0.39, 0.29) is 11.6 Å². The van der Waals surface area contributed by atoms with Gasteiger partial charge in [-0.05, 0) is 31.6 Å². The summed E-state index contributed by atoms with van der Waals surface area (Å²) in [5.41, 5.74) is 0.731. The van der Waals surface area contributed by atoms with Crippen molar-refractivity contribution >= 4 is 5.97 Å². The monoisotopic (exact) mass is 214 g/mol. The first-order valence-corrected chi connectivity index (χ1v) is 5.54. The molecule has 0 aromatic carbocycles. The van der Waals surface area contributed by atoms with Crippen LogP contribution in [-0.2, 0) is 14.3 Å². The normalized spacial score (nSPS) is 35.7. The molecule has 1 aliphatic heterocycles. The molecule has 2 rings (SSSR count). The number of rotatable bonds is 0. The van der Waals surface area contributed by atoms with Crippen LogP contribution in [0, 0.1) is 5.41 Å². The third kappa shape index (κ3) is 2.94. The molecule has 0 amide bonds. The molecular weight excluding hydrogens is 192 g/mol. The Bertz CT molecular complexity index is 247. The van der Waals surface area contributed by atoms with Crippen LogP contribution in [0.3, 0.4) is 0 Å². The first-order chi connectivity index (χ1) is 6.82. The Morgan fingerprint density at radius 3 is 2.20 bits per heavy atom. The van der Waals surface area contributed by atoms with Crippen LogP contribution in [0.5, 0.6) is 0 Å². The zero-order chi connectivity index (χ0) is 11.7. The van der Waals surface area contributed by atoms with E-state index in [0.29, 0.717) is 11.5 Å². The van der Waals surface area contributed by atoms with Crippen LogP contribution in [0.2, 0.25) is 0 Å². The third-order valence-corrected chi connectivity index (χ3v) is 3.38. The van der Waals surface area contributed by atoms with E-state index in [9.17, 15) is 4.79 Å². The minimum atomic E-state index is -0.245. The summed E-state index contributed by atoms with van der Waals surface area (Å²) >= 11 is 0. The molecule has 2 unspecified atom stereocenters. The molecule has 15 heavy (non-hydrogen) atoms. The molecule has 1 heterocycles. The van der Waals surface area contributed by atoms with E-state index < -0.39 is 0 Å². The first-order valence-electron chi connectivity index (χ1n) is 5.54. The summed E-state index contributed by atoms with van der Waals surface area (Å²) < 4.78 is 9.79. The van der Waals surface area contributed by atoms with Gasteiger partial charge >= 0.3 is 5.97 Å². The van der Waals surface area contributed by atoms with E-state index in [0.717, 1.165) is 0 Å². The minimum Gasteiger partial charge on any atom is -0.469 e. The highest BCUT2D eigenvalue weighted by Crippen LogP contribution is 2.55. The Morgan fingerprint density at radius 1 is 1.33 bits per heavy atom. The summed E-state index contributed by atoms with van der Waals surface area (Å²) in [5.74, 6) is -0.245. The van der Waals surface area contributed by atoms with Crippen molar-refractivity contribution in [2.24, 2.45) is 5.41 Å². The van der Waals surface area contributed by atoms with Gasteiger partial charge < -0.3 is 9.47 Å². The highest BCUT2D eigenvalue weighted by Gasteiger charge is 2.61. The molecule has 0 aromatic heterocycles. The number of hydrogen-bond acceptors (Lipinski definition) is 3. The van der Waals surface area contributed by atoms with Gasteiger partial charge in [-0.15, -0.1) is 0 Å². The molecule has 1 saturated heterocycles. The molecule has 1 aliphatic carbocycles. The van der Waals surface area contributed by atoms with Crippen molar-refractivity contribution in [3.63, 3.8) is 0 Å². The highest BCUT2D eigenvalue weighted by atomic mass is 16.6. The molecule has 0 bridgehead atoms. The average molecular weight is 214 g/mol. The fourth-order valence-corrected chi connectivity index (χ4v) is 2.44. The summed E-state index contributed by atoms with van der Waals surface area (Å²) in [6.07, 6.45) is 4.53. The van der Waals surface area contributed by atoms with Crippen LogP contribution in [0.1, 0.15) is 47.0 Å². The van der Waals surface area contributed by atoms with E-state index in [1.807, 2.05) is 0 Å². The number of carbonyl (C=O) groups excluding carboxylic acids is 1. The largest absolute Gasteiger partial charge is 0.469 e. The maximum atomic E-state index is 9.59. The summed E-state index contributed by atoms with van der Waals surface area (Å²) in [4.78, 5) is 9.59. The van der Waals surface area contributed by atoms with Crippen molar-refractivity contribution in [1.29, 1.82) is 0 Å². The zero-order valence-corrected chi connectivity index (χ0v) is 10.4. The van der Waals surface area contributed by atoms with Crippen LogP contribution in [0.25, 0.3) is 0 Å². The number of fused-ring (bicyclic) bond motifs is 1. The van der Waals surface area contributed by atoms with Crippen LogP contribution >= 0.6 is 0 Å². The molecule has 1 saturated carbocycles. The second-order valence-corrected chi connectivity index (χ2v) is 5.35. The van der Waals surface area contributed by atoms with Gasteiger partial charge in [0.2, 0.25) is 0 Å². The number of epoxide rings is 1. The van der Waals surface area contributed by atoms with Gasteiger partial charge in [-0.3, -0.25) is 4.79 Å². The zero-order valence-electron chi connectivity index (χ0n) is 10.4. The molecule has 0 N–H and O–H groups in total. The predicted octanol–water partition coefficient (Wildman–Crippen LogP) is 2.53. The van der Waals surface area contributed by atoms with Gasteiger partial charge in [0.05, 0.1) is 18.8 Å². The maximum Gasteiger partial charge on any atom is 0.302 e. The topological polar surface area (TPSA) is 38.8 Å². The quantitative estimate of drug-likeness (QED) is 0.459. The molecule has 2 atom stereocenters. The molecule has 3 nitrogen and oxygen atoms in total. The van der Waals surface area contributed by atoms with Crippen molar-refractivity contribution in [1.82, 2.24) is 0 Å². The smallest absolute Gasteiger partial charge is 0.302 e. The Balaban J connectivity index is 0.000000195. The molecule has 2 fully saturated rings. The van der Waals surface area contributed by atoms with Gasteiger partial charge in [0, 0.05) is 6.92 Å². The second kappa shape index (κ2) is 4.12. The van der Waals surface area contributed by atoms with E-state index >= 15 is 0 Å². The van der Waals surface area contributed by atoms with E-state index in [1.54, 1.807) is 0 Å². The lowest BCUT2D eigenvalue weighted by molar-refractivity contribution is -0.137. The van der Waals surface area contributed by atoms with Crippen molar-refractivity contribution in [2.75, 3.05) is 7.11 Å². The summed E-state index contributed by atoms with van der Waals surface area (Å²) in [6.45, 7) is 8.25. The number of hydrogen-bond donors (Lipinski definition) is 0. The number of methoxy groups -OCH3 is 1. The van der Waals surface area contributed by atoms with Gasteiger partial charge in [-0.1, -0.05) is 13.8 Å². The van der Waals surface area contributed by atoms with Crippen LogP contribution in [-0.4, -0.2) is 24.8 Å². The second-order valence-electron chi connectivity index (χ2n) is 5.35. The van der Waals surface area contributed by atoms with Gasteiger partial charge in [0.15, 0.2) is 0 Å². The highest BCUT2D eigenvalue weighted by molar-refractivity contribution is 5.65. The fourth-order valence-electron chi connectivity index (χ4n) is 2.44. The fraction of sp³-hybridized carbons (Fsp3) is 0.917. The molecule has 2 aliphatic rings. The van der Waals surface area contributed by atoms with Crippen LogP contribution < -0.4 is 0 Å². The molecule has 0 aromatic rings. The standard InChI is InChI=1S/C9H16O.C3H6O2/c1-8(2)5-4-6-9(3)7(8)10-9;1-3(4)5-2/h7H,4-6H2,1-3H3;1-2H3. The Hall–Kier alpha value is -0.570. The Labute approximate surface area is 92.1 Å². The predicted molar refractivity (Wildman–Crippen MR) is 58.6 cm³/mol.